The molecule has 2 rings (SSSR count). The van der Waals surface area contributed by atoms with E-state index in [4.69, 9.17) is 0 Å². The summed E-state index contributed by atoms with van der Waals surface area (Å²) in [6, 6.07) is 0.440. The molecule has 3 heteroatoms. The highest BCUT2D eigenvalue weighted by Crippen LogP contribution is 2.30. The zero-order valence-corrected chi connectivity index (χ0v) is 12.0. The van der Waals surface area contributed by atoms with Gasteiger partial charge in [-0.05, 0) is 57.9 Å². The Balaban J connectivity index is 1.92. The molecular weight excluding hydrogens is 224 g/mol. The molecule has 1 N–H and O–H groups in total. The van der Waals surface area contributed by atoms with E-state index in [1.165, 1.54) is 25.7 Å². The number of carbonyl (C=O) groups is 1. The number of hydrogen-bond acceptors (Lipinski definition) is 2. The first kappa shape index (κ1) is 13.9. The Morgan fingerprint density at radius 2 is 1.94 bits per heavy atom. The zero-order valence-electron chi connectivity index (χ0n) is 12.0. The molecule has 2 fully saturated rings. The van der Waals surface area contributed by atoms with Crippen LogP contribution >= 0.6 is 0 Å². The van der Waals surface area contributed by atoms with Crippen molar-refractivity contribution in [2.45, 2.75) is 58.4 Å². The number of hydrogen-bond donors (Lipinski definition) is 1. The van der Waals surface area contributed by atoms with Crippen molar-refractivity contribution in [3.63, 3.8) is 0 Å². The van der Waals surface area contributed by atoms with E-state index in [2.05, 4.69) is 24.1 Å². The molecule has 0 bridgehead atoms. The minimum atomic E-state index is 0.308. The summed E-state index contributed by atoms with van der Waals surface area (Å²) in [6.07, 6.45) is 7.06. The van der Waals surface area contributed by atoms with Gasteiger partial charge in [-0.15, -0.1) is 0 Å². The van der Waals surface area contributed by atoms with E-state index in [1.807, 2.05) is 0 Å². The van der Waals surface area contributed by atoms with Gasteiger partial charge < -0.3 is 10.2 Å². The smallest absolute Gasteiger partial charge is 0.225 e. The van der Waals surface area contributed by atoms with E-state index in [1.54, 1.807) is 0 Å². The largest absolute Gasteiger partial charge is 0.338 e. The van der Waals surface area contributed by atoms with Crippen LogP contribution in [0.25, 0.3) is 0 Å². The first-order valence-electron chi connectivity index (χ1n) is 7.73. The number of likely N-dealkylation sites (N-methyl/N-ethyl adjacent to an activating group) is 1. The van der Waals surface area contributed by atoms with Crippen molar-refractivity contribution in [1.82, 2.24) is 10.2 Å². The number of piperidine rings is 1. The molecule has 0 spiro atoms. The van der Waals surface area contributed by atoms with Gasteiger partial charge in [-0.1, -0.05) is 6.92 Å². The molecular formula is C15H28N2O. The fourth-order valence-electron chi connectivity index (χ4n) is 3.43. The summed E-state index contributed by atoms with van der Waals surface area (Å²) in [6.45, 7) is 7.41. The first-order chi connectivity index (χ1) is 8.72. The Labute approximate surface area is 111 Å². The van der Waals surface area contributed by atoms with Crippen LogP contribution in [0.3, 0.4) is 0 Å². The zero-order chi connectivity index (χ0) is 13.0. The van der Waals surface area contributed by atoms with Crippen LogP contribution in [0.1, 0.15) is 52.4 Å². The minimum absolute atomic E-state index is 0.308. The highest BCUT2D eigenvalue weighted by Gasteiger charge is 2.31. The molecule has 0 aromatic heterocycles. The highest BCUT2D eigenvalue weighted by atomic mass is 16.2. The SMILES string of the molecule is CCN(C(=O)C1CCC(C)CC1)C1CCCNC1. The summed E-state index contributed by atoms with van der Waals surface area (Å²) in [7, 11) is 0. The predicted molar refractivity (Wildman–Crippen MR) is 74.4 cm³/mol. The standard InChI is InChI=1S/C15H28N2O/c1-3-17(14-5-4-10-16-11-14)15(18)13-8-6-12(2)7-9-13/h12-14,16H,3-11H2,1-2H3. The van der Waals surface area contributed by atoms with Crippen LogP contribution in [0.2, 0.25) is 0 Å². The van der Waals surface area contributed by atoms with Gasteiger partial charge in [0, 0.05) is 25.0 Å². The van der Waals surface area contributed by atoms with E-state index in [-0.39, 0.29) is 0 Å². The molecule has 0 aromatic rings. The Hall–Kier alpha value is -0.570. The molecule has 1 heterocycles. The summed E-state index contributed by atoms with van der Waals surface area (Å²) in [5, 5.41) is 3.42. The predicted octanol–water partition coefficient (Wildman–Crippen LogP) is 2.41. The quantitative estimate of drug-likeness (QED) is 0.836. The first-order valence-corrected chi connectivity index (χ1v) is 7.73. The van der Waals surface area contributed by atoms with Crippen molar-refractivity contribution >= 4 is 5.91 Å². The van der Waals surface area contributed by atoms with Crippen molar-refractivity contribution in [1.29, 1.82) is 0 Å². The Bertz CT molecular complexity index is 266. The topological polar surface area (TPSA) is 32.3 Å². The van der Waals surface area contributed by atoms with Crippen molar-refractivity contribution < 1.29 is 4.79 Å². The average Bonchev–Trinajstić information content (AvgIpc) is 2.41. The van der Waals surface area contributed by atoms with Crippen LogP contribution in [-0.4, -0.2) is 36.5 Å². The van der Waals surface area contributed by atoms with Crippen LogP contribution in [0.5, 0.6) is 0 Å². The van der Waals surface area contributed by atoms with Crippen LogP contribution in [0.15, 0.2) is 0 Å². The lowest BCUT2D eigenvalue weighted by molar-refractivity contribution is -0.139. The van der Waals surface area contributed by atoms with E-state index < -0.39 is 0 Å². The summed E-state index contributed by atoms with van der Waals surface area (Å²) in [4.78, 5) is 14.8. The molecule has 1 aliphatic heterocycles. The van der Waals surface area contributed by atoms with Crippen LogP contribution < -0.4 is 5.32 Å². The van der Waals surface area contributed by atoms with Crippen molar-refractivity contribution in [3.8, 4) is 0 Å². The Kier molecular flexibility index (Phi) is 5.04. The summed E-state index contributed by atoms with van der Waals surface area (Å²) in [5.41, 5.74) is 0. The van der Waals surface area contributed by atoms with Crippen LogP contribution in [-0.2, 0) is 4.79 Å². The second kappa shape index (κ2) is 6.55. The van der Waals surface area contributed by atoms with E-state index in [9.17, 15) is 4.79 Å². The minimum Gasteiger partial charge on any atom is -0.338 e. The summed E-state index contributed by atoms with van der Waals surface area (Å²) >= 11 is 0. The second-order valence-electron chi connectivity index (χ2n) is 6.08. The van der Waals surface area contributed by atoms with Crippen molar-refractivity contribution in [3.05, 3.63) is 0 Å². The van der Waals surface area contributed by atoms with Gasteiger partial charge >= 0.3 is 0 Å². The summed E-state index contributed by atoms with van der Waals surface area (Å²) < 4.78 is 0. The number of carbonyl (C=O) groups excluding carboxylic acids is 1. The normalized spacial score (nSPS) is 33.1. The van der Waals surface area contributed by atoms with Crippen LogP contribution in [0, 0.1) is 11.8 Å². The van der Waals surface area contributed by atoms with Gasteiger partial charge in [0.05, 0.1) is 0 Å². The average molecular weight is 252 g/mol. The molecule has 0 radical (unpaired) electrons. The van der Waals surface area contributed by atoms with E-state index in [0.29, 0.717) is 17.9 Å². The lowest BCUT2D eigenvalue weighted by Crippen LogP contribution is -2.50. The molecule has 18 heavy (non-hydrogen) atoms. The highest BCUT2D eigenvalue weighted by molar-refractivity contribution is 5.79. The molecule has 0 aromatic carbocycles. The molecule has 1 saturated carbocycles. The maximum absolute atomic E-state index is 12.6. The molecule has 104 valence electrons. The van der Waals surface area contributed by atoms with Crippen molar-refractivity contribution in [2.75, 3.05) is 19.6 Å². The van der Waals surface area contributed by atoms with Crippen LogP contribution in [0.4, 0.5) is 0 Å². The molecule has 1 unspecified atom stereocenters. The number of amides is 1. The van der Waals surface area contributed by atoms with Gasteiger partial charge in [0.1, 0.15) is 0 Å². The lowest BCUT2D eigenvalue weighted by atomic mass is 9.82. The molecule has 1 atom stereocenters. The maximum Gasteiger partial charge on any atom is 0.225 e. The Morgan fingerprint density at radius 1 is 1.22 bits per heavy atom. The van der Waals surface area contributed by atoms with Gasteiger partial charge in [-0.2, -0.15) is 0 Å². The fraction of sp³-hybridized carbons (Fsp3) is 0.933. The van der Waals surface area contributed by atoms with E-state index in [0.717, 1.165) is 38.4 Å². The number of nitrogens with zero attached hydrogens (tertiary/aromatic N) is 1. The van der Waals surface area contributed by atoms with E-state index >= 15 is 0 Å². The monoisotopic (exact) mass is 252 g/mol. The molecule has 2 aliphatic rings. The number of rotatable bonds is 3. The Morgan fingerprint density at radius 3 is 2.50 bits per heavy atom. The lowest BCUT2D eigenvalue weighted by Gasteiger charge is -2.37. The van der Waals surface area contributed by atoms with Gasteiger partial charge in [0.15, 0.2) is 0 Å². The second-order valence-corrected chi connectivity index (χ2v) is 6.08. The fourth-order valence-corrected chi connectivity index (χ4v) is 3.43. The van der Waals surface area contributed by atoms with Gasteiger partial charge in [-0.25, -0.2) is 0 Å². The third kappa shape index (κ3) is 3.25. The van der Waals surface area contributed by atoms with Gasteiger partial charge in [0.25, 0.3) is 0 Å². The molecule has 1 amide bonds. The van der Waals surface area contributed by atoms with Gasteiger partial charge in [-0.3, -0.25) is 4.79 Å². The summed E-state index contributed by atoms with van der Waals surface area (Å²) in [5.74, 6) is 1.56. The third-order valence-corrected chi connectivity index (χ3v) is 4.70. The number of nitrogens with one attached hydrogen (secondary N) is 1. The third-order valence-electron chi connectivity index (χ3n) is 4.70. The molecule has 1 saturated heterocycles. The molecule has 1 aliphatic carbocycles. The maximum atomic E-state index is 12.6. The molecule has 3 nitrogen and oxygen atoms in total. The van der Waals surface area contributed by atoms with Gasteiger partial charge in [0.2, 0.25) is 5.91 Å². The van der Waals surface area contributed by atoms with Crippen molar-refractivity contribution in [2.24, 2.45) is 11.8 Å².